The van der Waals surface area contributed by atoms with E-state index < -0.39 is 11.4 Å². The van der Waals surface area contributed by atoms with E-state index in [1.165, 1.54) is 25.4 Å². The molecular formula is C19H21ClFN3O2. The Hall–Kier alpha value is -2.34. The number of methoxy groups -OCH3 is 1. The fraction of sp³-hybridized carbons (Fsp3) is 0.368. The number of rotatable bonds is 3. The first-order chi connectivity index (χ1) is 12.3. The lowest BCUT2D eigenvalue weighted by molar-refractivity contribution is 0.0635. The molecule has 1 fully saturated rings. The van der Waals surface area contributed by atoms with Gasteiger partial charge in [-0.25, -0.2) is 9.37 Å². The Labute approximate surface area is 156 Å². The number of pyridine rings is 1. The average molecular weight is 378 g/mol. The first-order valence-electron chi connectivity index (χ1n) is 8.32. The third-order valence-electron chi connectivity index (χ3n) is 5.13. The molecule has 2 N–H and O–H groups in total. The molecule has 1 aromatic heterocycles. The fourth-order valence-electron chi connectivity index (χ4n) is 3.65. The minimum Gasteiger partial charge on any atom is -0.494 e. The number of aromatic nitrogens is 1. The first kappa shape index (κ1) is 18.5. The van der Waals surface area contributed by atoms with E-state index in [2.05, 4.69) is 4.98 Å². The molecule has 0 bridgehead atoms. The van der Waals surface area contributed by atoms with Crippen LogP contribution in [-0.2, 0) is 0 Å². The van der Waals surface area contributed by atoms with Gasteiger partial charge in [-0.3, -0.25) is 4.79 Å². The van der Waals surface area contributed by atoms with Gasteiger partial charge < -0.3 is 15.4 Å². The van der Waals surface area contributed by atoms with Gasteiger partial charge in [0.1, 0.15) is 5.82 Å². The van der Waals surface area contributed by atoms with E-state index in [4.69, 9.17) is 22.1 Å². The van der Waals surface area contributed by atoms with Crippen LogP contribution in [0, 0.1) is 5.82 Å². The quantitative estimate of drug-likeness (QED) is 0.881. The number of carbonyl (C=O) groups is 1. The summed E-state index contributed by atoms with van der Waals surface area (Å²) in [6.45, 7) is 4.53. The number of nitrogens with two attached hydrogens (primary N) is 1. The third kappa shape index (κ3) is 3.09. The Morgan fingerprint density at radius 1 is 1.42 bits per heavy atom. The van der Waals surface area contributed by atoms with Crippen LogP contribution in [0.3, 0.4) is 0 Å². The summed E-state index contributed by atoms with van der Waals surface area (Å²) >= 11 is 5.99. The molecule has 26 heavy (non-hydrogen) atoms. The summed E-state index contributed by atoms with van der Waals surface area (Å²) in [5.41, 5.74) is 6.36. The van der Waals surface area contributed by atoms with E-state index in [-0.39, 0.29) is 28.4 Å². The maximum Gasteiger partial charge on any atom is 0.255 e. The van der Waals surface area contributed by atoms with Gasteiger partial charge in [-0.05, 0) is 44.0 Å². The van der Waals surface area contributed by atoms with Crippen LogP contribution in [0.2, 0.25) is 5.02 Å². The molecule has 7 heteroatoms. The fourth-order valence-corrected chi connectivity index (χ4v) is 3.81. The largest absolute Gasteiger partial charge is 0.494 e. The number of nitrogen functional groups attached to an aromatic ring is 1. The maximum absolute atomic E-state index is 14.1. The second kappa shape index (κ2) is 6.76. The van der Waals surface area contributed by atoms with Crippen molar-refractivity contribution in [2.75, 3.05) is 19.4 Å². The lowest BCUT2D eigenvalue weighted by Gasteiger charge is -2.36. The van der Waals surface area contributed by atoms with Crippen molar-refractivity contribution in [1.29, 1.82) is 0 Å². The lowest BCUT2D eigenvalue weighted by atomic mass is 9.82. The van der Waals surface area contributed by atoms with Crippen molar-refractivity contribution in [1.82, 2.24) is 9.88 Å². The highest BCUT2D eigenvalue weighted by molar-refractivity contribution is 6.33. The number of hydrogen-bond acceptors (Lipinski definition) is 4. The van der Waals surface area contributed by atoms with E-state index in [9.17, 15) is 9.18 Å². The number of ether oxygens (including phenoxy) is 1. The molecular weight excluding hydrogens is 357 g/mol. The van der Waals surface area contributed by atoms with E-state index in [1.807, 2.05) is 19.9 Å². The van der Waals surface area contributed by atoms with Gasteiger partial charge >= 0.3 is 0 Å². The van der Waals surface area contributed by atoms with E-state index in [1.54, 1.807) is 11.0 Å². The molecule has 138 valence electrons. The number of anilines is 1. The number of carbonyl (C=O) groups excluding carboxylic acids is 1. The molecule has 2 aromatic rings. The monoisotopic (exact) mass is 377 g/mol. The molecule has 0 saturated carbocycles. The van der Waals surface area contributed by atoms with Gasteiger partial charge in [-0.15, -0.1) is 0 Å². The molecule has 1 amide bonds. The molecule has 1 saturated heterocycles. The van der Waals surface area contributed by atoms with Gasteiger partial charge in [-0.1, -0.05) is 17.7 Å². The number of amides is 1. The average Bonchev–Trinajstić information content (AvgIpc) is 2.91. The van der Waals surface area contributed by atoms with Crippen LogP contribution in [0.25, 0.3) is 0 Å². The highest BCUT2D eigenvalue weighted by Gasteiger charge is 2.44. The standard InChI is InChI=1S/C19H21ClFN3O2/c1-19(2)13(11-4-5-16(26-3)15(21)9-11)6-7-24(19)18(25)12-8-14(20)17(22)23-10-12/h4-5,8-10,13H,6-7H2,1-3H3,(H2,22,23). The zero-order valence-corrected chi connectivity index (χ0v) is 15.7. The number of halogens is 2. The van der Waals surface area contributed by atoms with Crippen LogP contribution in [0.5, 0.6) is 5.75 Å². The Bertz CT molecular complexity index is 857. The van der Waals surface area contributed by atoms with Crippen LogP contribution >= 0.6 is 11.6 Å². The second-order valence-corrected chi connectivity index (χ2v) is 7.34. The van der Waals surface area contributed by atoms with Gasteiger partial charge in [-0.2, -0.15) is 0 Å². The van der Waals surface area contributed by atoms with Gasteiger partial charge in [0, 0.05) is 24.2 Å². The molecule has 1 aromatic carbocycles. The molecule has 2 heterocycles. The second-order valence-electron chi connectivity index (χ2n) is 6.94. The van der Waals surface area contributed by atoms with E-state index >= 15 is 0 Å². The van der Waals surface area contributed by atoms with E-state index in [0.29, 0.717) is 12.1 Å². The number of hydrogen-bond donors (Lipinski definition) is 1. The first-order valence-corrected chi connectivity index (χ1v) is 8.70. The molecule has 5 nitrogen and oxygen atoms in total. The van der Waals surface area contributed by atoms with Crippen molar-refractivity contribution in [3.8, 4) is 5.75 Å². The molecule has 1 unspecified atom stereocenters. The van der Waals surface area contributed by atoms with Crippen LogP contribution in [-0.4, -0.2) is 35.0 Å². The Morgan fingerprint density at radius 3 is 2.77 bits per heavy atom. The minimum atomic E-state index is -0.494. The maximum atomic E-state index is 14.1. The summed E-state index contributed by atoms with van der Waals surface area (Å²) in [6.07, 6.45) is 2.17. The highest BCUT2D eigenvalue weighted by atomic mass is 35.5. The summed E-state index contributed by atoms with van der Waals surface area (Å²) in [4.78, 5) is 18.7. The SMILES string of the molecule is COc1ccc(C2CCN(C(=O)c3cnc(N)c(Cl)c3)C2(C)C)cc1F. The zero-order chi connectivity index (χ0) is 19.1. The summed E-state index contributed by atoms with van der Waals surface area (Å²) < 4.78 is 19.1. The van der Waals surface area contributed by atoms with Crippen molar-refractivity contribution in [3.05, 3.63) is 52.4 Å². The minimum absolute atomic E-state index is 0.00377. The number of benzene rings is 1. The Balaban J connectivity index is 1.89. The lowest BCUT2D eigenvalue weighted by Crippen LogP contribution is -2.45. The Kier molecular flexibility index (Phi) is 4.80. The summed E-state index contributed by atoms with van der Waals surface area (Å²) in [5.74, 6) is -0.166. The third-order valence-corrected chi connectivity index (χ3v) is 5.43. The zero-order valence-electron chi connectivity index (χ0n) is 14.9. The van der Waals surface area contributed by atoms with Crippen molar-refractivity contribution < 1.29 is 13.9 Å². The summed E-state index contributed by atoms with van der Waals surface area (Å²) in [6, 6.07) is 6.49. The van der Waals surface area contributed by atoms with Crippen molar-refractivity contribution in [2.24, 2.45) is 0 Å². The number of nitrogens with zero attached hydrogens (tertiary/aromatic N) is 2. The van der Waals surface area contributed by atoms with Crippen molar-refractivity contribution in [3.63, 3.8) is 0 Å². The molecule has 0 spiro atoms. The molecule has 3 rings (SSSR count). The number of likely N-dealkylation sites (tertiary alicyclic amines) is 1. The van der Waals surface area contributed by atoms with Crippen LogP contribution in [0.15, 0.2) is 30.5 Å². The van der Waals surface area contributed by atoms with Gasteiger partial charge in [0.25, 0.3) is 5.91 Å². The molecule has 1 aliphatic rings. The van der Waals surface area contributed by atoms with Gasteiger partial charge in [0.15, 0.2) is 11.6 Å². The highest BCUT2D eigenvalue weighted by Crippen LogP contribution is 2.43. The summed E-state index contributed by atoms with van der Waals surface area (Å²) in [7, 11) is 1.43. The topological polar surface area (TPSA) is 68.5 Å². The predicted octanol–water partition coefficient (Wildman–Crippen LogP) is 3.87. The normalized spacial score (nSPS) is 18.8. The van der Waals surface area contributed by atoms with E-state index in [0.717, 1.165) is 12.0 Å². The van der Waals surface area contributed by atoms with Crippen molar-refractivity contribution >= 4 is 23.3 Å². The van der Waals surface area contributed by atoms with Crippen LogP contribution < -0.4 is 10.5 Å². The van der Waals surface area contributed by atoms with Crippen LogP contribution in [0.1, 0.15) is 42.1 Å². The van der Waals surface area contributed by atoms with Crippen LogP contribution in [0.4, 0.5) is 10.2 Å². The summed E-state index contributed by atoms with van der Waals surface area (Å²) in [5, 5.41) is 0.252. The van der Waals surface area contributed by atoms with Crippen molar-refractivity contribution in [2.45, 2.75) is 31.7 Å². The molecule has 0 radical (unpaired) electrons. The molecule has 1 aliphatic heterocycles. The smallest absolute Gasteiger partial charge is 0.255 e. The molecule has 1 atom stereocenters. The molecule has 0 aliphatic carbocycles. The van der Waals surface area contributed by atoms with Gasteiger partial charge in [0.05, 0.1) is 17.7 Å². The Morgan fingerprint density at radius 2 is 2.15 bits per heavy atom. The van der Waals surface area contributed by atoms with Gasteiger partial charge in [0.2, 0.25) is 0 Å². The predicted molar refractivity (Wildman–Crippen MR) is 99.1 cm³/mol.